The quantitative estimate of drug-likeness (QED) is 0.598. The Morgan fingerprint density at radius 1 is 1.23 bits per heavy atom. The molecule has 0 unspecified atom stereocenters. The molecule has 6 nitrogen and oxygen atoms in total. The second-order valence-electron chi connectivity index (χ2n) is 5.24. The number of thioether (sulfide) groups is 1. The highest BCUT2D eigenvalue weighted by atomic mass is 35.5. The summed E-state index contributed by atoms with van der Waals surface area (Å²) in [5.41, 5.74) is 0.718. The number of carbonyl (C=O) groups is 1. The lowest BCUT2D eigenvalue weighted by molar-refractivity contribution is -0.115. The zero-order chi connectivity index (χ0) is 18.4. The van der Waals surface area contributed by atoms with Crippen LogP contribution in [0.1, 0.15) is 6.42 Å². The van der Waals surface area contributed by atoms with Gasteiger partial charge in [0.25, 0.3) is 0 Å². The van der Waals surface area contributed by atoms with Gasteiger partial charge in [0.15, 0.2) is 0 Å². The minimum absolute atomic E-state index is 0.0734. The summed E-state index contributed by atoms with van der Waals surface area (Å²) < 4.78 is 10.7. The van der Waals surface area contributed by atoms with Crippen LogP contribution in [0.2, 0.25) is 5.02 Å². The van der Waals surface area contributed by atoms with Gasteiger partial charge in [-0.3, -0.25) is 10.1 Å². The number of carbonyl (C=O) groups excluding carboxylic acids is 1. The van der Waals surface area contributed by atoms with Gasteiger partial charge < -0.3 is 9.15 Å². The molecule has 1 amide bonds. The van der Waals surface area contributed by atoms with Gasteiger partial charge in [-0.25, -0.2) is 0 Å². The van der Waals surface area contributed by atoms with E-state index in [4.69, 9.17) is 20.8 Å². The zero-order valence-electron chi connectivity index (χ0n) is 13.9. The fraction of sp³-hybridized carbons (Fsp3) is 0.167. The van der Waals surface area contributed by atoms with E-state index in [0.29, 0.717) is 28.8 Å². The average Bonchev–Trinajstić information content (AvgIpc) is 3.12. The number of nitrogens with zero attached hydrogens (tertiary/aromatic N) is 2. The Bertz CT molecular complexity index is 883. The normalized spacial score (nSPS) is 10.5. The van der Waals surface area contributed by atoms with E-state index in [1.54, 1.807) is 24.9 Å². The molecule has 2 aromatic carbocycles. The molecular formula is C18H16ClN3O3S. The summed E-state index contributed by atoms with van der Waals surface area (Å²) in [6.45, 7) is 0. The summed E-state index contributed by atoms with van der Waals surface area (Å²) in [6, 6.07) is 14.8. The molecule has 134 valence electrons. The average molecular weight is 390 g/mol. The third-order valence-corrected chi connectivity index (χ3v) is 4.67. The number of rotatable bonds is 7. The third-order valence-electron chi connectivity index (χ3n) is 3.40. The summed E-state index contributed by atoms with van der Waals surface area (Å²) in [5.74, 6) is 1.44. The summed E-state index contributed by atoms with van der Waals surface area (Å²) in [6.07, 6.45) is 0.324. The molecule has 0 aliphatic rings. The number of methoxy groups -OCH3 is 1. The van der Waals surface area contributed by atoms with E-state index in [-0.39, 0.29) is 11.9 Å². The van der Waals surface area contributed by atoms with Crippen molar-refractivity contribution in [2.75, 3.05) is 18.2 Å². The van der Waals surface area contributed by atoms with Crippen LogP contribution < -0.4 is 10.1 Å². The molecule has 1 aromatic heterocycles. The van der Waals surface area contributed by atoms with Crippen molar-refractivity contribution >= 4 is 35.3 Å². The Hall–Kier alpha value is -2.51. The number of aromatic nitrogens is 2. The fourth-order valence-corrected chi connectivity index (χ4v) is 3.10. The van der Waals surface area contributed by atoms with Crippen LogP contribution in [-0.4, -0.2) is 29.0 Å². The molecule has 26 heavy (non-hydrogen) atoms. The smallest absolute Gasteiger partial charge is 0.322 e. The largest absolute Gasteiger partial charge is 0.497 e. The van der Waals surface area contributed by atoms with Crippen LogP contribution in [0.5, 0.6) is 5.75 Å². The van der Waals surface area contributed by atoms with Gasteiger partial charge >= 0.3 is 6.01 Å². The second kappa shape index (κ2) is 8.73. The highest BCUT2D eigenvalue weighted by Gasteiger charge is 2.12. The minimum atomic E-state index is -0.188. The molecule has 0 aliphatic carbocycles. The number of anilines is 1. The van der Waals surface area contributed by atoms with Gasteiger partial charge in [-0.15, -0.1) is 16.9 Å². The van der Waals surface area contributed by atoms with Crippen LogP contribution >= 0.6 is 23.4 Å². The van der Waals surface area contributed by atoms with Gasteiger partial charge in [-0.05, 0) is 42.5 Å². The van der Waals surface area contributed by atoms with Crippen LogP contribution in [-0.2, 0) is 4.79 Å². The number of halogens is 1. The van der Waals surface area contributed by atoms with Crippen molar-refractivity contribution in [3.8, 4) is 17.2 Å². The Balaban J connectivity index is 1.51. The van der Waals surface area contributed by atoms with Crippen LogP contribution in [0.25, 0.3) is 11.5 Å². The second-order valence-corrected chi connectivity index (χ2v) is 6.85. The number of benzene rings is 2. The number of hydrogen-bond acceptors (Lipinski definition) is 6. The predicted molar refractivity (Wildman–Crippen MR) is 102 cm³/mol. The molecule has 1 heterocycles. The Morgan fingerprint density at radius 3 is 2.81 bits per heavy atom. The van der Waals surface area contributed by atoms with E-state index in [1.165, 1.54) is 0 Å². The van der Waals surface area contributed by atoms with E-state index < -0.39 is 0 Å². The van der Waals surface area contributed by atoms with E-state index in [2.05, 4.69) is 15.5 Å². The predicted octanol–water partition coefficient (Wildman–Crippen LogP) is 4.52. The number of hydrogen-bond donors (Lipinski definition) is 1. The maximum atomic E-state index is 12.0. The van der Waals surface area contributed by atoms with Crippen LogP contribution in [0, 0.1) is 0 Å². The third kappa shape index (κ3) is 5.00. The van der Waals surface area contributed by atoms with E-state index >= 15 is 0 Å². The monoisotopic (exact) mass is 389 g/mol. The Kier molecular flexibility index (Phi) is 6.14. The van der Waals surface area contributed by atoms with Crippen molar-refractivity contribution < 1.29 is 13.9 Å². The van der Waals surface area contributed by atoms with Crippen LogP contribution in [0.4, 0.5) is 6.01 Å². The Labute approximate surface area is 159 Å². The molecule has 0 aliphatic heterocycles. The molecule has 3 aromatic rings. The highest BCUT2D eigenvalue weighted by Crippen LogP contribution is 2.24. The van der Waals surface area contributed by atoms with Gasteiger partial charge in [0.1, 0.15) is 5.75 Å². The van der Waals surface area contributed by atoms with Gasteiger partial charge in [-0.1, -0.05) is 22.8 Å². The van der Waals surface area contributed by atoms with Crippen molar-refractivity contribution in [2.24, 2.45) is 0 Å². The first-order valence-corrected chi connectivity index (χ1v) is 9.16. The summed E-state index contributed by atoms with van der Waals surface area (Å²) >= 11 is 7.42. The van der Waals surface area contributed by atoms with Gasteiger partial charge in [0.2, 0.25) is 11.8 Å². The van der Waals surface area contributed by atoms with Gasteiger partial charge in [-0.2, -0.15) is 0 Å². The standard InChI is InChI=1S/C18H16ClN3O3S/c1-24-14-4-2-3-12(11-14)17-21-22-18(25-17)20-16(23)9-10-26-15-7-5-13(19)6-8-15/h2-8,11H,9-10H2,1H3,(H,20,22,23). The molecule has 1 N–H and O–H groups in total. The Morgan fingerprint density at radius 2 is 2.04 bits per heavy atom. The molecule has 0 radical (unpaired) electrons. The first-order valence-electron chi connectivity index (χ1n) is 7.80. The minimum Gasteiger partial charge on any atom is -0.497 e. The molecule has 0 bridgehead atoms. The fourth-order valence-electron chi connectivity index (χ4n) is 2.12. The molecule has 0 saturated heterocycles. The summed E-state index contributed by atoms with van der Waals surface area (Å²) in [5, 5.41) is 11.1. The SMILES string of the molecule is COc1cccc(-c2nnc(NC(=O)CCSc3ccc(Cl)cc3)o2)c1. The molecule has 0 fully saturated rings. The summed E-state index contributed by atoms with van der Waals surface area (Å²) in [4.78, 5) is 13.1. The topological polar surface area (TPSA) is 77.3 Å². The lowest BCUT2D eigenvalue weighted by Gasteiger charge is -2.02. The molecule has 8 heteroatoms. The number of ether oxygens (including phenoxy) is 1. The van der Waals surface area contributed by atoms with Crippen molar-refractivity contribution in [1.82, 2.24) is 10.2 Å². The van der Waals surface area contributed by atoms with Crippen molar-refractivity contribution in [3.63, 3.8) is 0 Å². The molecule has 3 rings (SSSR count). The van der Waals surface area contributed by atoms with Crippen LogP contribution in [0.15, 0.2) is 57.8 Å². The van der Waals surface area contributed by atoms with E-state index in [0.717, 1.165) is 10.5 Å². The maximum absolute atomic E-state index is 12.0. The highest BCUT2D eigenvalue weighted by molar-refractivity contribution is 7.99. The van der Waals surface area contributed by atoms with E-state index in [9.17, 15) is 4.79 Å². The maximum Gasteiger partial charge on any atom is 0.322 e. The van der Waals surface area contributed by atoms with Gasteiger partial charge in [0.05, 0.1) is 7.11 Å². The zero-order valence-corrected chi connectivity index (χ0v) is 15.5. The van der Waals surface area contributed by atoms with Gasteiger partial charge in [0, 0.05) is 27.7 Å². The number of nitrogens with one attached hydrogen (secondary N) is 1. The molecular weight excluding hydrogens is 374 g/mol. The first kappa shape index (κ1) is 18.3. The van der Waals surface area contributed by atoms with Crippen molar-refractivity contribution in [2.45, 2.75) is 11.3 Å². The molecule has 0 atom stereocenters. The lowest BCUT2D eigenvalue weighted by Crippen LogP contribution is -2.12. The van der Waals surface area contributed by atoms with Crippen molar-refractivity contribution in [3.05, 3.63) is 53.6 Å². The first-order chi connectivity index (χ1) is 12.6. The number of amides is 1. The van der Waals surface area contributed by atoms with Crippen LogP contribution in [0.3, 0.4) is 0 Å². The van der Waals surface area contributed by atoms with Crippen molar-refractivity contribution in [1.29, 1.82) is 0 Å². The molecule has 0 spiro atoms. The van der Waals surface area contributed by atoms with E-state index in [1.807, 2.05) is 42.5 Å². The molecule has 0 saturated carbocycles. The lowest BCUT2D eigenvalue weighted by atomic mass is 10.2. The summed E-state index contributed by atoms with van der Waals surface area (Å²) in [7, 11) is 1.58.